The first-order valence-electron chi connectivity index (χ1n) is 9.71. The molecule has 1 N–H and O–H groups in total. The van der Waals surface area contributed by atoms with Crippen molar-refractivity contribution in [3.8, 4) is 0 Å². The zero-order valence-electron chi connectivity index (χ0n) is 16.2. The van der Waals surface area contributed by atoms with Gasteiger partial charge in [0.05, 0.1) is 11.4 Å². The molecule has 1 aromatic carbocycles. The average molecular weight is 386 g/mol. The van der Waals surface area contributed by atoms with E-state index in [1.165, 1.54) is 6.42 Å². The van der Waals surface area contributed by atoms with Crippen LogP contribution in [0.3, 0.4) is 0 Å². The molecular formula is C21H27N3O2S. The molecular weight excluding hydrogens is 358 g/mol. The van der Waals surface area contributed by atoms with Gasteiger partial charge < -0.3 is 4.90 Å². The van der Waals surface area contributed by atoms with Crippen LogP contribution in [0.4, 0.5) is 5.69 Å². The van der Waals surface area contributed by atoms with Gasteiger partial charge in [0, 0.05) is 29.0 Å². The smallest absolute Gasteiger partial charge is 0.241 e. The van der Waals surface area contributed by atoms with Crippen LogP contribution in [0.2, 0.25) is 0 Å². The molecule has 3 aliphatic rings. The van der Waals surface area contributed by atoms with Gasteiger partial charge in [0.15, 0.2) is 0 Å². The highest BCUT2D eigenvalue weighted by Gasteiger charge is 2.60. The lowest BCUT2D eigenvalue weighted by Crippen LogP contribution is -2.38. The normalized spacial score (nSPS) is 29.9. The van der Waals surface area contributed by atoms with Crippen molar-refractivity contribution >= 4 is 35.0 Å². The summed E-state index contributed by atoms with van der Waals surface area (Å²) in [6.07, 6.45) is 3.64. The highest BCUT2D eigenvalue weighted by Crippen LogP contribution is 2.63. The molecule has 0 radical (unpaired) electrons. The number of thioether (sulfide) groups is 1. The highest BCUT2D eigenvalue weighted by molar-refractivity contribution is 8.00. The van der Waals surface area contributed by atoms with Crippen LogP contribution in [-0.4, -0.2) is 29.8 Å². The molecule has 4 rings (SSSR count). The van der Waals surface area contributed by atoms with E-state index in [4.69, 9.17) is 0 Å². The molecule has 2 atom stereocenters. The van der Waals surface area contributed by atoms with E-state index < -0.39 is 0 Å². The largest absolute Gasteiger partial charge is 0.310 e. The summed E-state index contributed by atoms with van der Waals surface area (Å²) < 4.78 is 0. The standard InChI is InChI=1S/C21H27N3O2S/c1-20(2)14-8-10-21(20,3)17(12-14)22-23-18(25)9-11-24-15-6-4-5-7-16(15)27-13-19(24)26/h4-7,14H,8-13H2,1-3H3,(H,23,25)/b22-17+/t14-,21-/m0/s1. The summed E-state index contributed by atoms with van der Waals surface area (Å²) in [5.74, 6) is 1.02. The number of para-hydroxylation sites is 1. The van der Waals surface area contributed by atoms with E-state index in [9.17, 15) is 9.59 Å². The molecule has 5 nitrogen and oxygen atoms in total. The predicted molar refractivity (Wildman–Crippen MR) is 109 cm³/mol. The summed E-state index contributed by atoms with van der Waals surface area (Å²) in [6.45, 7) is 7.32. The van der Waals surface area contributed by atoms with Crippen molar-refractivity contribution < 1.29 is 9.59 Å². The number of hydrogen-bond acceptors (Lipinski definition) is 4. The lowest BCUT2D eigenvalue weighted by molar-refractivity contribution is -0.121. The molecule has 0 unspecified atom stereocenters. The minimum atomic E-state index is -0.129. The average Bonchev–Trinajstić information content (AvgIpc) is 2.99. The molecule has 1 aromatic rings. The zero-order valence-corrected chi connectivity index (χ0v) is 17.1. The second-order valence-electron chi connectivity index (χ2n) is 8.64. The summed E-state index contributed by atoms with van der Waals surface area (Å²) >= 11 is 1.55. The lowest BCUT2D eigenvalue weighted by Gasteiger charge is -2.34. The van der Waals surface area contributed by atoms with Crippen molar-refractivity contribution in [1.82, 2.24) is 5.43 Å². The van der Waals surface area contributed by atoms with Gasteiger partial charge in [-0.05, 0) is 42.7 Å². The van der Waals surface area contributed by atoms with Crippen LogP contribution in [0, 0.1) is 16.7 Å². The first-order valence-corrected chi connectivity index (χ1v) is 10.7. The third-order valence-electron chi connectivity index (χ3n) is 7.20. The van der Waals surface area contributed by atoms with Crippen molar-refractivity contribution in [2.45, 2.75) is 51.3 Å². The molecule has 144 valence electrons. The summed E-state index contributed by atoms with van der Waals surface area (Å²) in [6, 6.07) is 7.85. The second kappa shape index (κ2) is 6.66. The zero-order chi connectivity index (χ0) is 19.2. The van der Waals surface area contributed by atoms with Crippen LogP contribution in [0.5, 0.6) is 0 Å². The Balaban J connectivity index is 1.38. The van der Waals surface area contributed by atoms with Gasteiger partial charge in [0.1, 0.15) is 0 Å². The number of hydrazone groups is 1. The van der Waals surface area contributed by atoms with E-state index in [1.54, 1.807) is 16.7 Å². The van der Waals surface area contributed by atoms with E-state index in [2.05, 4.69) is 31.3 Å². The van der Waals surface area contributed by atoms with Crippen LogP contribution in [0.25, 0.3) is 0 Å². The van der Waals surface area contributed by atoms with Gasteiger partial charge in [0.25, 0.3) is 0 Å². The van der Waals surface area contributed by atoms with E-state index in [0.29, 0.717) is 18.2 Å². The van der Waals surface area contributed by atoms with Crippen molar-refractivity contribution in [2.75, 3.05) is 17.2 Å². The fourth-order valence-corrected chi connectivity index (χ4v) is 5.83. The topological polar surface area (TPSA) is 61.8 Å². The number of nitrogens with zero attached hydrogens (tertiary/aromatic N) is 2. The molecule has 6 heteroatoms. The van der Waals surface area contributed by atoms with E-state index in [1.807, 2.05) is 24.3 Å². The summed E-state index contributed by atoms with van der Waals surface area (Å²) in [4.78, 5) is 27.5. The molecule has 1 heterocycles. The number of nitrogens with one attached hydrogen (secondary N) is 1. The maximum absolute atomic E-state index is 12.4. The quantitative estimate of drug-likeness (QED) is 0.801. The van der Waals surface area contributed by atoms with Gasteiger partial charge in [-0.3, -0.25) is 9.59 Å². The molecule has 0 saturated heterocycles. The van der Waals surface area contributed by atoms with Gasteiger partial charge in [0.2, 0.25) is 11.8 Å². The second-order valence-corrected chi connectivity index (χ2v) is 9.66. The number of amides is 2. The van der Waals surface area contributed by atoms with Crippen molar-refractivity contribution in [2.24, 2.45) is 21.8 Å². The van der Waals surface area contributed by atoms with Crippen molar-refractivity contribution in [3.05, 3.63) is 24.3 Å². The third kappa shape index (κ3) is 2.98. The number of carbonyl (C=O) groups is 2. The minimum absolute atomic E-state index is 0.0557. The molecule has 2 bridgehead atoms. The molecule has 2 amide bonds. The van der Waals surface area contributed by atoms with Crippen LogP contribution in [0.1, 0.15) is 46.5 Å². The molecule has 27 heavy (non-hydrogen) atoms. The summed E-state index contributed by atoms with van der Waals surface area (Å²) in [7, 11) is 0. The molecule has 2 saturated carbocycles. The summed E-state index contributed by atoms with van der Waals surface area (Å²) in [5, 5.41) is 4.51. The molecule has 1 aliphatic heterocycles. The number of rotatable bonds is 4. The molecule has 0 aromatic heterocycles. The molecule has 2 fully saturated rings. The Kier molecular flexibility index (Phi) is 4.57. The SMILES string of the molecule is CC1(C)[C@H]2CC[C@@]1(C)/C(=N/NC(=O)CCN1C(=O)CSc3ccccc31)C2. The van der Waals surface area contributed by atoms with Crippen molar-refractivity contribution in [1.29, 1.82) is 0 Å². The van der Waals surface area contributed by atoms with Crippen molar-refractivity contribution in [3.63, 3.8) is 0 Å². The predicted octanol–water partition coefficient (Wildman–Crippen LogP) is 3.83. The first-order chi connectivity index (χ1) is 12.8. The maximum Gasteiger partial charge on any atom is 0.241 e. The van der Waals surface area contributed by atoms with Gasteiger partial charge in [-0.25, -0.2) is 5.43 Å². The number of hydrogen-bond donors (Lipinski definition) is 1. The minimum Gasteiger partial charge on any atom is -0.310 e. The van der Waals surface area contributed by atoms with Crippen LogP contribution < -0.4 is 10.3 Å². The molecule has 2 aliphatic carbocycles. The van der Waals surface area contributed by atoms with E-state index >= 15 is 0 Å². The fourth-order valence-electron chi connectivity index (χ4n) is 4.90. The van der Waals surface area contributed by atoms with Gasteiger partial charge in [-0.15, -0.1) is 11.8 Å². The third-order valence-corrected chi connectivity index (χ3v) is 8.25. The first kappa shape index (κ1) is 18.5. The highest BCUT2D eigenvalue weighted by atomic mass is 32.2. The fraction of sp³-hybridized carbons (Fsp3) is 0.571. The van der Waals surface area contributed by atoms with Crippen LogP contribution in [0.15, 0.2) is 34.3 Å². The van der Waals surface area contributed by atoms with Gasteiger partial charge >= 0.3 is 0 Å². The molecule has 0 spiro atoms. The number of anilines is 1. The Morgan fingerprint density at radius 1 is 1.33 bits per heavy atom. The maximum atomic E-state index is 12.4. The Bertz CT molecular complexity index is 819. The number of benzene rings is 1. The Morgan fingerprint density at radius 2 is 2.11 bits per heavy atom. The van der Waals surface area contributed by atoms with Gasteiger partial charge in [-0.1, -0.05) is 32.9 Å². The summed E-state index contributed by atoms with van der Waals surface area (Å²) in [5.41, 5.74) is 5.13. The van der Waals surface area contributed by atoms with Crippen LogP contribution >= 0.6 is 11.8 Å². The lowest BCUT2D eigenvalue weighted by atomic mass is 9.70. The Hall–Kier alpha value is -1.82. The van der Waals surface area contributed by atoms with E-state index in [-0.39, 0.29) is 29.1 Å². The monoisotopic (exact) mass is 385 g/mol. The van der Waals surface area contributed by atoms with Crippen LogP contribution in [-0.2, 0) is 9.59 Å². The van der Waals surface area contributed by atoms with Gasteiger partial charge in [-0.2, -0.15) is 5.10 Å². The Labute approximate surface area is 165 Å². The Morgan fingerprint density at radius 3 is 2.81 bits per heavy atom. The number of fused-ring (bicyclic) bond motifs is 3. The van der Waals surface area contributed by atoms with E-state index in [0.717, 1.165) is 29.1 Å². The number of carbonyl (C=O) groups excluding carboxylic acids is 2.